The molecule has 5 nitrogen and oxygen atoms in total. The topological polar surface area (TPSA) is 76.5 Å². The van der Waals surface area contributed by atoms with Crippen molar-refractivity contribution in [1.82, 2.24) is 16.0 Å². The third-order valence-corrected chi connectivity index (χ3v) is 2.64. The van der Waals surface area contributed by atoms with Gasteiger partial charge in [0.25, 0.3) is 0 Å². The van der Waals surface area contributed by atoms with Crippen LogP contribution >= 0.6 is 0 Å². The van der Waals surface area contributed by atoms with Gasteiger partial charge >= 0.3 is 0 Å². The Morgan fingerprint density at radius 1 is 1.23 bits per heavy atom. The maximum Gasteiger partial charge on any atom is 0.113 e. The molecule has 0 amide bonds. The predicted octanol–water partition coefficient (Wildman–Crippen LogP) is -1.92. The molecule has 0 rings (SSSR count). The summed E-state index contributed by atoms with van der Waals surface area (Å²) in [6, 6.07) is -0.00958. The minimum atomic E-state index is -0.857. The highest BCUT2D eigenvalue weighted by Gasteiger charge is 2.39. The smallest absolute Gasteiger partial charge is 0.113 e. The summed E-state index contributed by atoms with van der Waals surface area (Å²) in [6.07, 6.45) is -0.857. The van der Waals surface area contributed by atoms with Gasteiger partial charge in [0.05, 0.1) is 6.61 Å². The van der Waals surface area contributed by atoms with Crippen molar-refractivity contribution in [3.05, 3.63) is 0 Å². The van der Waals surface area contributed by atoms with Crippen LogP contribution in [0.4, 0.5) is 0 Å². The van der Waals surface area contributed by atoms with Crippen LogP contribution in [0.25, 0.3) is 0 Å². The number of likely N-dealkylation sites (N-methyl/N-ethyl adjacent to an activating group) is 3. The zero-order valence-corrected chi connectivity index (χ0v) is 8.76. The van der Waals surface area contributed by atoms with Gasteiger partial charge in [-0.2, -0.15) is 0 Å². The summed E-state index contributed by atoms with van der Waals surface area (Å²) in [4.78, 5) is 0. The number of nitrogens with one attached hydrogen (secondary N) is 3. The van der Waals surface area contributed by atoms with Crippen molar-refractivity contribution in [3.8, 4) is 0 Å². The standard InChI is InChI=1S/C8H21N3O2/c1-6(9-2)8(10-3,11-4)7(13)5-12/h6-7,9-13H,5H2,1-4H3. The molecule has 0 aromatic heterocycles. The Labute approximate surface area is 79.5 Å². The van der Waals surface area contributed by atoms with Crippen LogP contribution in [0.5, 0.6) is 0 Å². The third-order valence-electron chi connectivity index (χ3n) is 2.64. The van der Waals surface area contributed by atoms with Gasteiger partial charge in [0.2, 0.25) is 0 Å². The molecular weight excluding hydrogens is 170 g/mol. The lowest BCUT2D eigenvalue weighted by Crippen LogP contribution is -2.71. The number of aliphatic hydroxyl groups excluding tert-OH is 2. The van der Waals surface area contributed by atoms with Gasteiger partial charge in [-0.1, -0.05) is 0 Å². The SMILES string of the molecule is CNC(C)C(NC)(NC)C(O)CO. The molecule has 5 heteroatoms. The first-order valence-electron chi connectivity index (χ1n) is 4.43. The van der Waals surface area contributed by atoms with Crippen molar-refractivity contribution >= 4 is 0 Å². The van der Waals surface area contributed by atoms with E-state index in [1.54, 1.807) is 21.1 Å². The monoisotopic (exact) mass is 191 g/mol. The van der Waals surface area contributed by atoms with E-state index in [0.29, 0.717) is 0 Å². The molecule has 13 heavy (non-hydrogen) atoms. The van der Waals surface area contributed by atoms with Gasteiger partial charge in [0, 0.05) is 6.04 Å². The molecule has 0 spiro atoms. The molecule has 2 atom stereocenters. The summed E-state index contributed by atoms with van der Waals surface area (Å²) in [5.74, 6) is 0. The van der Waals surface area contributed by atoms with E-state index < -0.39 is 11.8 Å². The Balaban J connectivity index is 4.67. The average Bonchev–Trinajstić information content (AvgIpc) is 2.19. The lowest BCUT2D eigenvalue weighted by Gasteiger charge is -2.41. The molecule has 5 N–H and O–H groups in total. The zero-order chi connectivity index (χ0) is 10.5. The second-order valence-corrected chi connectivity index (χ2v) is 3.08. The fourth-order valence-electron chi connectivity index (χ4n) is 1.55. The molecule has 2 unspecified atom stereocenters. The Morgan fingerprint density at radius 2 is 1.69 bits per heavy atom. The molecule has 0 aliphatic rings. The van der Waals surface area contributed by atoms with E-state index in [1.165, 1.54) is 0 Å². The van der Waals surface area contributed by atoms with Crippen LogP contribution in [0, 0.1) is 0 Å². The molecular formula is C8H21N3O2. The fourth-order valence-corrected chi connectivity index (χ4v) is 1.55. The van der Waals surface area contributed by atoms with E-state index in [4.69, 9.17) is 5.11 Å². The van der Waals surface area contributed by atoms with Gasteiger partial charge in [0.1, 0.15) is 11.8 Å². The second-order valence-electron chi connectivity index (χ2n) is 3.08. The van der Waals surface area contributed by atoms with Crippen molar-refractivity contribution in [2.45, 2.75) is 24.7 Å². The van der Waals surface area contributed by atoms with E-state index in [2.05, 4.69) is 16.0 Å². The van der Waals surface area contributed by atoms with Crippen LogP contribution in [0.2, 0.25) is 0 Å². The highest BCUT2D eigenvalue weighted by molar-refractivity contribution is 4.97. The Hall–Kier alpha value is -0.200. The molecule has 0 aliphatic carbocycles. The molecule has 0 saturated heterocycles. The van der Waals surface area contributed by atoms with Crippen LogP contribution in [-0.4, -0.2) is 55.8 Å². The molecule has 0 aliphatic heterocycles. The van der Waals surface area contributed by atoms with E-state index in [1.807, 2.05) is 6.92 Å². The van der Waals surface area contributed by atoms with Crippen molar-refractivity contribution in [3.63, 3.8) is 0 Å². The van der Waals surface area contributed by atoms with Crippen molar-refractivity contribution in [1.29, 1.82) is 0 Å². The van der Waals surface area contributed by atoms with Gasteiger partial charge in [-0.25, -0.2) is 0 Å². The first kappa shape index (κ1) is 12.8. The maximum atomic E-state index is 9.65. The summed E-state index contributed by atoms with van der Waals surface area (Å²) < 4.78 is 0. The fraction of sp³-hybridized carbons (Fsp3) is 1.00. The van der Waals surface area contributed by atoms with Crippen LogP contribution < -0.4 is 16.0 Å². The van der Waals surface area contributed by atoms with E-state index in [-0.39, 0.29) is 12.6 Å². The first-order chi connectivity index (χ1) is 6.08. The quantitative estimate of drug-likeness (QED) is 0.317. The third kappa shape index (κ3) is 2.38. The van der Waals surface area contributed by atoms with Crippen molar-refractivity contribution < 1.29 is 10.2 Å². The average molecular weight is 191 g/mol. The second kappa shape index (κ2) is 5.51. The lowest BCUT2D eigenvalue weighted by atomic mass is 9.95. The molecule has 0 fully saturated rings. The van der Waals surface area contributed by atoms with Gasteiger partial charge < -0.3 is 15.5 Å². The molecule has 0 radical (unpaired) electrons. The molecule has 0 heterocycles. The summed E-state index contributed by atoms with van der Waals surface area (Å²) >= 11 is 0. The van der Waals surface area contributed by atoms with Gasteiger partial charge in [-0.15, -0.1) is 0 Å². The highest BCUT2D eigenvalue weighted by Crippen LogP contribution is 2.11. The summed E-state index contributed by atoms with van der Waals surface area (Å²) in [5.41, 5.74) is -0.705. The van der Waals surface area contributed by atoms with E-state index in [0.717, 1.165) is 0 Å². The Kier molecular flexibility index (Phi) is 5.43. The van der Waals surface area contributed by atoms with Gasteiger partial charge in [0.15, 0.2) is 0 Å². The molecule has 0 bridgehead atoms. The normalized spacial score (nSPS) is 17.1. The first-order valence-corrected chi connectivity index (χ1v) is 4.43. The summed E-state index contributed by atoms with van der Waals surface area (Å²) in [5, 5.41) is 27.6. The minimum absolute atomic E-state index is 0.00958. The predicted molar refractivity (Wildman–Crippen MR) is 52.5 cm³/mol. The van der Waals surface area contributed by atoms with Crippen LogP contribution in [-0.2, 0) is 0 Å². The highest BCUT2D eigenvalue weighted by atomic mass is 16.3. The number of hydrogen-bond donors (Lipinski definition) is 5. The number of rotatable bonds is 6. The number of aliphatic hydroxyl groups is 2. The minimum Gasteiger partial charge on any atom is -0.394 e. The van der Waals surface area contributed by atoms with Crippen LogP contribution in [0.15, 0.2) is 0 Å². The van der Waals surface area contributed by atoms with Crippen LogP contribution in [0.3, 0.4) is 0 Å². The van der Waals surface area contributed by atoms with E-state index in [9.17, 15) is 5.11 Å². The van der Waals surface area contributed by atoms with Crippen LogP contribution in [0.1, 0.15) is 6.92 Å². The van der Waals surface area contributed by atoms with Crippen molar-refractivity contribution in [2.75, 3.05) is 27.7 Å². The Bertz CT molecular complexity index is 127. The maximum absolute atomic E-state index is 9.65. The summed E-state index contributed by atoms with van der Waals surface area (Å²) in [7, 11) is 5.28. The Morgan fingerprint density at radius 3 is 1.92 bits per heavy atom. The largest absolute Gasteiger partial charge is 0.394 e. The molecule has 0 aromatic carbocycles. The molecule has 80 valence electrons. The molecule has 0 aromatic rings. The summed E-state index contributed by atoms with van der Waals surface area (Å²) in [6.45, 7) is 1.64. The zero-order valence-electron chi connectivity index (χ0n) is 8.76. The van der Waals surface area contributed by atoms with E-state index >= 15 is 0 Å². The number of hydrogen-bond acceptors (Lipinski definition) is 5. The van der Waals surface area contributed by atoms with Gasteiger partial charge in [-0.05, 0) is 28.1 Å². The lowest BCUT2D eigenvalue weighted by molar-refractivity contribution is -0.0127. The van der Waals surface area contributed by atoms with Crippen molar-refractivity contribution in [2.24, 2.45) is 0 Å². The molecule has 0 saturated carbocycles. The van der Waals surface area contributed by atoms with Gasteiger partial charge in [-0.3, -0.25) is 10.6 Å².